The number of anilines is 1. The summed E-state index contributed by atoms with van der Waals surface area (Å²) in [5.74, 6) is 0. The van der Waals surface area contributed by atoms with Gasteiger partial charge in [0, 0.05) is 17.0 Å². The molecule has 2 rings (SSSR count). The van der Waals surface area contributed by atoms with Crippen LogP contribution in [0.4, 0.5) is 5.00 Å². The maximum absolute atomic E-state index is 9.06. The van der Waals surface area contributed by atoms with Crippen molar-refractivity contribution in [3.63, 3.8) is 0 Å². The van der Waals surface area contributed by atoms with E-state index in [1.807, 2.05) is 0 Å². The van der Waals surface area contributed by atoms with Gasteiger partial charge in [-0.2, -0.15) is 5.26 Å². The molecule has 0 amide bonds. The molecule has 0 radical (unpaired) electrons. The Kier molecular flexibility index (Phi) is 3.53. The highest BCUT2D eigenvalue weighted by Crippen LogP contribution is 2.39. The van der Waals surface area contributed by atoms with E-state index < -0.39 is 0 Å². The first-order valence-corrected chi connectivity index (χ1v) is 5.78. The Morgan fingerprint density at radius 2 is 2.12 bits per heavy atom. The predicted octanol–water partition coefficient (Wildman–Crippen LogP) is -1.03. The van der Waals surface area contributed by atoms with Crippen LogP contribution in [0.1, 0.15) is 29.9 Å². The molecule has 1 aliphatic rings. The van der Waals surface area contributed by atoms with Gasteiger partial charge in [-0.1, -0.05) is 0 Å². The van der Waals surface area contributed by atoms with E-state index in [0.29, 0.717) is 10.6 Å². The molecule has 0 saturated heterocycles. The summed E-state index contributed by atoms with van der Waals surface area (Å²) in [6.07, 6.45) is 0.912. The minimum absolute atomic E-state index is 0. The third kappa shape index (κ3) is 1.91. The lowest BCUT2D eigenvalue weighted by atomic mass is 9.88. The molecule has 0 aliphatic carbocycles. The minimum atomic E-state index is 0. The Balaban J connectivity index is 0.00000128. The molecule has 1 aromatic rings. The quantitative estimate of drug-likeness (QED) is 0.646. The van der Waals surface area contributed by atoms with Crippen LogP contribution < -0.4 is 18.1 Å². The number of nitrogens with zero attached hydrogens (tertiary/aromatic N) is 2. The van der Waals surface area contributed by atoms with Crippen molar-refractivity contribution in [2.45, 2.75) is 32.4 Å². The maximum atomic E-state index is 9.06. The van der Waals surface area contributed by atoms with Crippen LogP contribution in [0.15, 0.2) is 0 Å². The molecule has 0 fully saturated rings. The van der Waals surface area contributed by atoms with Crippen molar-refractivity contribution in [1.82, 2.24) is 4.90 Å². The largest absolute Gasteiger partial charge is 1.00 e. The molecule has 88 valence electrons. The summed E-state index contributed by atoms with van der Waals surface area (Å²) in [6.45, 7) is 5.30. The van der Waals surface area contributed by atoms with Crippen molar-refractivity contribution < 1.29 is 12.4 Å². The average molecular weight is 257 g/mol. The van der Waals surface area contributed by atoms with Crippen molar-refractivity contribution in [2.75, 3.05) is 12.8 Å². The van der Waals surface area contributed by atoms with Crippen LogP contribution in [0.25, 0.3) is 0 Å². The van der Waals surface area contributed by atoms with Crippen LogP contribution >= 0.6 is 11.3 Å². The van der Waals surface area contributed by atoms with E-state index in [9.17, 15) is 0 Å². The monoisotopic (exact) mass is 256 g/mol. The topological polar surface area (TPSA) is 53.0 Å². The molecule has 2 heterocycles. The van der Waals surface area contributed by atoms with Crippen molar-refractivity contribution >= 4 is 16.3 Å². The highest BCUT2D eigenvalue weighted by Gasteiger charge is 2.33. The maximum Gasteiger partial charge on any atom is 0.104 e. The zero-order valence-corrected chi connectivity index (χ0v) is 11.2. The highest BCUT2D eigenvalue weighted by molar-refractivity contribution is 7.16. The molecular formula is C11H15ClN3S-. The molecule has 0 atom stereocenters. The molecule has 1 aromatic heterocycles. The van der Waals surface area contributed by atoms with Gasteiger partial charge in [-0.3, -0.25) is 4.90 Å². The van der Waals surface area contributed by atoms with Gasteiger partial charge in [0.15, 0.2) is 0 Å². The average Bonchev–Trinajstić information content (AvgIpc) is 2.41. The van der Waals surface area contributed by atoms with E-state index in [1.165, 1.54) is 10.4 Å². The molecule has 5 heteroatoms. The van der Waals surface area contributed by atoms with Crippen LogP contribution in [-0.2, 0) is 13.0 Å². The summed E-state index contributed by atoms with van der Waals surface area (Å²) < 4.78 is 0. The van der Waals surface area contributed by atoms with Gasteiger partial charge in [0.25, 0.3) is 0 Å². The van der Waals surface area contributed by atoms with Gasteiger partial charge in [-0.05, 0) is 32.9 Å². The summed E-state index contributed by atoms with van der Waals surface area (Å²) in [7, 11) is 2.12. The molecule has 0 unspecified atom stereocenters. The van der Waals surface area contributed by atoms with Crippen LogP contribution in [0.3, 0.4) is 0 Å². The smallest absolute Gasteiger partial charge is 0.104 e. The van der Waals surface area contributed by atoms with E-state index in [1.54, 1.807) is 11.3 Å². The second-order valence-corrected chi connectivity index (χ2v) is 5.84. The number of nitriles is 1. The number of halogens is 1. The van der Waals surface area contributed by atoms with Crippen molar-refractivity contribution in [3.8, 4) is 6.07 Å². The standard InChI is InChI=1S/C11H15N3S.ClH/c1-11(2)4-7-8(5-12)10(13)15-9(7)6-14(11)3;/h4,6,13H2,1-3H3;1H/p-1. The van der Waals surface area contributed by atoms with Crippen LogP contribution in [-0.4, -0.2) is 17.5 Å². The van der Waals surface area contributed by atoms with Crippen molar-refractivity contribution in [2.24, 2.45) is 0 Å². The van der Waals surface area contributed by atoms with Gasteiger partial charge in [0.2, 0.25) is 0 Å². The van der Waals surface area contributed by atoms with Crippen LogP contribution in [0.2, 0.25) is 0 Å². The normalized spacial score (nSPS) is 18.4. The van der Waals surface area contributed by atoms with Crippen LogP contribution in [0.5, 0.6) is 0 Å². The van der Waals surface area contributed by atoms with E-state index in [2.05, 4.69) is 31.9 Å². The number of fused-ring (bicyclic) bond motifs is 1. The molecule has 0 aromatic carbocycles. The summed E-state index contributed by atoms with van der Waals surface area (Å²) in [6, 6.07) is 2.22. The summed E-state index contributed by atoms with van der Waals surface area (Å²) in [4.78, 5) is 3.57. The Bertz CT molecular complexity index is 445. The number of hydrogen-bond donors (Lipinski definition) is 1. The Morgan fingerprint density at radius 1 is 1.50 bits per heavy atom. The first kappa shape index (κ1) is 13.3. The number of nitrogens with two attached hydrogens (primary N) is 1. The van der Waals surface area contributed by atoms with Crippen molar-refractivity contribution in [3.05, 3.63) is 16.0 Å². The molecule has 1 aliphatic heterocycles. The molecule has 0 bridgehead atoms. The Hall–Kier alpha value is -0.760. The first-order valence-electron chi connectivity index (χ1n) is 4.97. The minimum Gasteiger partial charge on any atom is -1.00 e. The lowest BCUT2D eigenvalue weighted by molar-refractivity contribution is -0.00000402. The first-order chi connectivity index (χ1) is 6.95. The van der Waals surface area contributed by atoms with E-state index in [-0.39, 0.29) is 17.9 Å². The second-order valence-electron chi connectivity index (χ2n) is 4.70. The van der Waals surface area contributed by atoms with Crippen LogP contribution in [0, 0.1) is 11.3 Å². The van der Waals surface area contributed by atoms with Gasteiger partial charge < -0.3 is 18.1 Å². The summed E-state index contributed by atoms with van der Waals surface area (Å²) in [5.41, 5.74) is 7.83. The lowest BCUT2D eigenvalue weighted by Crippen LogP contribution is -3.00. The van der Waals surface area contributed by atoms with Crippen molar-refractivity contribution in [1.29, 1.82) is 5.26 Å². The number of thiophene rings is 1. The number of nitrogen functional groups attached to an aromatic ring is 1. The van der Waals surface area contributed by atoms with E-state index in [4.69, 9.17) is 11.0 Å². The lowest BCUT2D eigenvalue weighted by Gasteiger charge is -2.39. The number of rotatable bonds is 0. The SMILES string of the molecule is CN1Cc2sc(N)c(C#N)c2CC1(C)C.[Cl-]. The third-order valence-corrected chi connectivity index (χ3v) is 4.30. The molecule has 16 heavy (non-hydrogen) atoms. The predicted molar refractivity (Wildman–Crippen MR) is 62.7 cm³/mol. The molecule has 0 saturated carbocycles. The molecule has 2 N–H and O–H groups in total. The van der Waals surface area contributed by atoms with Gasteiger partial charge in [0.05, 0.1) is 5.56 Å². The van der Waals surface area contributed by atoms with E-state index in [0.717, 1.165) is 13.0 Å². The fraction of sp³-hybridized carbons (Fsp3) is 0.545. The molecule has 3 nitrogen and oxygen atoms in total. The van der Waals surface area contributed by atoms with Gasteiger partial charge in [-0.15, -0.1) is 11.3 Å². The summed E-state index contributed by atoms with van der Waals surface area (Å²) >= 11 is 1.56. The number of hydrogen-bond acceptors (Lipinski definition) is 4. The van der Waals surface area contributed by atoms with Gasteiger partial charge in [-0.25, -0.2) is 0 Å². The molecule has 0 spiro atoms. The van der Waals surface area contributed by atoms with E-state index >= 15 is 0 Å². The third-order valence-electron chi connectivity index (χ3n) is 3.25. The summed E-state index contributed by atoms with van der Waals surface area (Å²) in [5, 5.41) is 9.74. The number of likely N-dealkylation sites (N-methyl/N-ethyl adjacent to an activating group) is 1. The van der Waals surface area contributed by atoms with Gasteiger partial charge in [0.1, 0.15) is 11.1 Å². The Labute approximate surface area is 106 Å². The van der Waals surface area contributed by atoms with Gasteiger partial charge >= 0.3 is 0 Å². The zero-order chi connectivity index (χ0) is 11.2. The fourth-order valence-electron chi connectivity index (χ4n) is 1.97. The Morgan fingerprint density at radius 3 is 2.69 bits per heavy atom. The fourth-order valence-corrected chi connectivity index (χ4v) is 3.06. The second kappa shape index (κ2) is 4.25. The zero-order valence-electron chi connectivity index (χ0n) is 9.67. The highest BCUT2D eigenvalue weighted by atomic mass is 35.5. The molecular weight excluding hydrogens is 242 g/mol.